The average Bonchev–Trinajstić information content (AvgIpc) is 2.98. The van der Waals surface area contributed by atoms with Crippen molar-refractivity contribution in [3.05, 3.63) is 11.9 Å². The lowest BCUT2D eigenvalue weighted by Crippen LogP contribution is -2.41. The zero-order chi connectivity index (χ0) is 16.0. The molecule has 5 nitrogen and oxygen atoms in total. The van der Waals surface area contributed by atoms with E-state index in [4.69, 9.17) is 0 Å². The molecule has 2 N–H and O–H groups in total. The monoisotopic (exact) mass is 322 g/mol. The topological polar surface area (TPSA) is 62.5 Å². The molecule has 6 heteroatoms. The maximum Gasteiger partial charge on any atom is 0.214 e. The Bertz CT molecular complexity index is 625. The van der Waals surface area contributed by atoms with Crippen LogP contribution in [0.15, 0.2) is 6.20 Å². The standard InChI is InChI=1S/C16H26N4OS/c1-15(2,3)11-9-20-14(18-11)22-13(19-20)17-10-16(4)8-6-5-7-12(16)21/h9,12,21H,5-8,10H2,1-4H3,(H,17,19). The fourth-order valence-electron chi connectivity index (χ4n) is 3.00. The minimum atomic E-state index is -0.217. The Balaban J connectivity index is 1.71. The summed E-state index contributed by atoms with van der Waals surface area (Å²) in [5.41, 5.74) is 1.05. The first-order chi connectivity index (χ1) is 10.3. The molecule has 1 aliphatic rings. The summed E-state index contributed by atoms with van der Waals surface area (Å²) in [6.07, 6.45) is 6.11. The van der Waals surface area contributed by atoms with Crippen molar-refractivity contribution in [2.24, 2.45) is 5.41 Å². The maximum absolute atomic E-state index is 10.3. The van der Waals surface area contributed by atoms with Gasteiger partial charge in [-0.15, -0.1) is 5.10 Å². The fraction of sp³-hybridized carbons (Fsp3) is 0.750. The zero-order valence-corrected chi connectivity index (χ0v) is 14.7. The number of nitrogens with zero attached hydrogens (tertiary/aromatic N) is 3. The normalized spacial score (nSPS) is 26.5. The highest BCUT2D eigenvalue weighted by atomic mass is 32.1. The van der Waals surface area contributed by atoms with E-state index in [0.29, 0.717) is 0 Å². The van der Waals surface area contributed by atoms with Crippen molar-refractivity contribution in [1.29, 1.82) is 0 Å². The number of fused-ring (bicyclic) bond motifs is 1. The van der Waals surface area contributed by atoms with Crippen LogP contribution in [0.2, 0.25) is 0 Å². The lowest BCUT2D eigenvalue weighted by atomic mass is 9.73. The molecule has 1 saturated carbocycles. The lowest BCUT2D eigenvalue weighted by Gasteiger charge is -2.38. The Morgan fingerprint density at radius 1 is 1.45 bits per heavy atom. The van der Waals surface area contributed by atoms with Crippen LogP contribution in [0.1, 0.15) is 59.1 Å². The number of aliphatic hydroxyl groups is 1. The van der Waals surface area contributed by atoms with Crippen LogP contribution in [0, 0.1) is 5.41 Å². The van der Waals surface area contributed by atoms with Gasteiger partial charge in [-0.2, -0.15) is 0 Å². The van der Waals surface area contributed by atoms with Gasteiger partial charge in [0, 0.05) is 17.4 Å². The summed E-state index contributed by atoms with van der Waals surface area (Å²) < 4.78 is 1.85. The van der Waals surface area contributed by atoms with Crippen molar-refractivity contribution >= 4 is 21.4 Å². The van der Waals surface area contributed by atoms with Crippen LogP contribution in [0.4, 0.5) is 5.13 Å². The largest absolute Gasteiger partial charge is 0.392 e. The summed E-state index contributed by atoms with van der Waals surface area (Å²) in [6, 6.07) is 0. The summed E-state index contributed by atoms with van der Waals surface area (Å²) in [5, 5.41) is 19.1. The van der Waals surface area contributed by atoms with Gasteiger partial charge in [0.25, 0.3) is 0 Å². The first-order valence-corrected chi connectivity index (χ1v) is 8.88. The Morgan fingerprint density at radius 2 is 2.23 bits per heavy atom. The number of hydrogen-bond donors (Lipinski definition) is 2. The SMILES string of the molecule is CC(C)(C)c1cn2nc(NCC3(C)CCCCC3O)sc2n1. The summed E-state index contributed by atoms with van der Waals surface area (Å²) in [7, 11) is 0. The van der Waals surface area contributed by atoms with E-state index in [9.17, 15) is 5.11 Å². The van der Waals surface area contributed by atoms with Crippen LogP contribution in [0.3, 0.4) is 0 Å². The van der Waals surface area contributed by atoms with Gasteiger partial charge in [-0.3, -0.25) is 0 Å². The van der Waals surface area contributed by atoms with Gasteiger partial charge >= 0.3 is 0 Å². The smallest absolute Gasteiger partial charge is 0.214 e. The number of nitrogens with one attached hydrogen (secondary N) is 1. The van der Waals surface area contributed by atoms with E-state index in [1.807, 2.05) is 10.7 Å². The molecule has 2 atom stereocenters. The first kappa shape index (κ1) is 15.7. The van der Waals surface area contributed by atoms with E-state index < -0.39 is 0 Å². The third kappa shape index (κ3) is 2.99. The summed E-state index contributed by atoms with van der Waals surface area (Å²) in [5.74, 6) is 0. The van der Waals surface area contributed by atoms with Gasteiger partial charge in [-0.05, 0) is 12.8 Å². The summed E-state index contributed by atoms with van der Waals surface area (Å²) in [4.78, 5) is 5.58. The second-order valence-electron chi connectivity index (χ2n) is 7.78. The van der Waals surface area contributed by atoms with Crippen molar-refractivity contribution in [1.82, 2.24) is 14.6 Å². The molecular weight excluding hydrogens is 296 g/mol. The molecule has 22 heavy (non-hydrogen) atoms. The van der Waals surface area contributed by atoms with E-state index in [-0.39, 0.29) is 16.9 Å². The third-order valence-corrected chi connectivity index (χ3v) is 5.62. The Hall–Kier alpha value is -1.14. The molecule has 0 aliphatic heterocycles. The predicted octanol–water partition coefficient (Wildman–Crippen LogP) is 3.44. The van der Waals surface area contributed by atoms with Crippen LogP contribution in [-0.4, -0.2) is 32.4 Å². The van der Waals surface area contributed by atoms with Gasteiger partial charge in [-0.25, -0.2) is 9.50 Å². The van der Waals surface area contributed by atoms with Crippen molar-refractivity contribution < 1.29 is 5.11 Å². The molecule has 1 aliphatic carbocycles. The lowest BCUT2D eigenvalue weighted by molar-refractivity contribution is 0.00962. The van der Waals surface area contributed by atoms with Gasteiger partial charge in [0.2, 0.25) is 10.1 Å². The quantitative estimate of drug-likeness (QED) is 0.908. The minimum Gasteiger partial charge on any atom is -0.392 e. The highest BCUT2D eigenvalue weighted by Crippen LogP contribution is 2.36. The molecule has 0 saturated heterocycles. The minimum absolute atomic E-state index is 0.0424. The summed E-state index contributed by atoms with van der Waals surface area (Å²) in [6.45, 7) is 9.40. The molecule has 0 amide bonds. The molecule has 122 valence electrons. The highest BCUT2D eigenvalue weighted by molar-refractivity contribution is 7.20. The van der Waals surface area contributed by atoms with Gasteiger partial charge < -0.3 is 10.4 Å². The van der Waals surface area contributed by atoms with Crippen LogP contribution < -0.4 is 5.32 Å². The zero-order valence-electron chi connectivity index (χ0n) is 13.9. The first-order valence-electron chi connectivity index (χ1n) is 8.07. The second kappa shape index (κ2) is 5.49. The van der Waals surface area contributed by atoms with Crippen LogP contribution in [0.5, 0.6) is 0 Å². The number of aliphatic hydroxyl groups excluding tert-OH is 1. The molecule has 3 rings (SSSR count). The van der Waals surface area contributed by atoms with Gasteiger partial charge in [0.05, 0.1) is 18.0 Å². The maximum atomic E-state index is 10.3. The summed E-state index contributed by atoms with van der Waals surface area (Å²) >= 11 is 1.57. The van der Waals surface area contributed by atoms with Gasteiger partial charge in [-0.1, -0.05) is 51.9 Å². The van der Waals surface area contributed by atoms with Crippen LogP contribution in [-0.2, 0) is 5.41 Å². The molecule has 2 aromatic heterocycles. The van der Waals surface area contributed by atoms with Crippen molar-refractivity contribution in [2.75, 3.05) is 11.9 Å². The molecule has 1 fully saturated rings. The van der Waals surface area contributed by atoms with Crippen LogP contribution >= 0.6 is 11.3 Å². The van der Waals surface area contributed by atoms with Crippen molar-refractivity contribution in [3.8, 4) is 0 Å². The van der Waals surface area contributed by atoms with Gasteiger partial charge in [0.15, 0.2) is 0 Å². The van der Waals surface area contributed by atoms with Crippen molar-refractivity contribution in [3.63, 3.8) is 0 Å². The number of anilines is 1. The molecule has 0 bridgehead atoms. The second-order valence-corrected chi connectivity index (χ2v) is 8.74. The molecule has 2 aromatic rings. The average molecular weight is 322 g/mol. The molecule has 2 heterocycles. The van der Waals surface area contributed by atoms with E-state index in [0.717, 1.165) is 41.6 Å². The molecular formula is C16H26N4OS. The number of hydrogen-bond acceptors (Lipinski definition) is 5. The fourth-order valence-corrected chi connectivity index (χ4v) is 3.78. The van der Waals surface area contributed by atoms with E-state index in [1.54, 1.807) is 11.3 Å². The highest BCUT2D eigenvalue weighted by Gasteiger charge is 2.35. The van der Waals surface area contributed by atoms with Crippen molar-refractivity contribution in [2.45, 2.75) is 64.9 Å². The molecule has 0 aromatic carbocycles. The molecule has 0 radical (unpaired) electrons. The number of rotatable bonds is 3. The van der Waals surface area contributed by atoms with E-state index in [1.165, 1.54) is 6.42 Å². The van der Waals surface area contributed by atoms with Crippen LogP contribution in [0.25, 0.3) is 4.96 Å². The van der Waals surface area contributed by atoms with E-state index >= 15 is 0 Å². The third-order valence-electron chi connectivity index (χ3n) is 4.73. The predicted molar refractivity (Wildman–Crippen MR) is 90.6 cm³/mol. The van der Waals surface area contributed by atoms with E-state index in [2.05, 4.69) is 43.1 Å². The number of aromatic nitrogens is 3. The Kier molecular flexibility index (Phi) is 3.93. The molecule has 0 spiro atoms. The molecule has 2 unspecified atom stereocenters. The Labute approximate surface area is 135 Å². The Morgan fingerprint density at radius 3 is 2.86 bits per heavy atom. The van der Waals surface area contributed by atoms with Gasteiger partial charge in [0.1, 0.15) is 0 Å². The number of imidazole rings is 1.